The van der Waals surface area contributed by atoms with Gasteiger partial charge in [-0.25, -0.2) is 0 Å². The van der Waals surface area contributed by atoms with E-state index >= 15 is 0 Å². The highest BCUT2D eigenvalue weighted by molar-refractivity contribution is 4.79. The van der Waals surface area contributed by atoms with Crippen LogP contribution in [0.25, 0.3) is 0 Å². The molecule has 1 fully saturated rings. The molecule has 1 aliphatic heterocycles. The van der Waals surface area contributed by atoms with Gasteiger partial charge in [-0.2, -0.15) is 0 Å². The van der Waals surface area contributed by atoms with Crippen LogP contribution in [-0.4, -0.2) is 23.8 Å². The molecule has 2 heteroatoms. The van der Waals surface area contributed by atoms with Crippen LogP contribution >= 0.6 is 0 Å². The molecule has 0 unspecified atom stereocenters. The Morgan fingerprint density at radius 3 is 2.70 bits per heavy atom. The summed E-state index contributed by atoms with van der Waals surface area (Å²) in [4.78, 5) is 0. The Bertz CT molecular complexity index is 103. The number of aliphatic hydroxyl groups excluding tert-OH is 1. The van der Waals surface area contributed by atoms with E-state index in [1.807, 2.05) is 6.92 Å². The highest BCUT2D eigenvalue weighted by Gasteiger charge is 2.21. The number of hydrogen-bond acceptors (Lipinski definition) is 2. The molecule has 0 aromatic heterocycles. The Morgan fingerprint density at radius 1 is 1.60 bits per heavy atom. The van der Waals surface area contributed by atoms with Crippen molar-refractivity contribution in [3.05, 3.63) is 0 Å². The summed E-state index contributed by atoms with van der Waals surface area (Å²) < 4.78 is 0. The van der Waals surface area contributed by atoms with Gasteiger partial charge in [0.1, 0.15) is 0 Å². The van der Waals surface area contributed by atoms with Crippen LogP contribution in [-0.2, 0) is 0 Å². The van der Waals surface area contributed by atoms with Crippen molar-refractivity contribution < 1.29 is 5.11 Å². The highest BCUT2D eigenvalue weighted by atomic mass is 16.3. The second-order valence-corrected chi connectivity index (χ2v) is 3.43. The lowest BCUT2D eigenvalue weighted by molar-refractivity contribution is 0.116. The fourth-order valence-corrected chi connectivity index (χ4v) is 1.52. The molecule has 60 valence electrons. The van der Waals surface area contributed by atoms with Crippen molar-refractivity contribution in [1.29, 1.82) is 0 Å². The topological polar surface area (TPSA) is 32.3 Å². The van der Waals surface area contributed by atoms with Gasteiger partial charge in [-0.1, -0.05) is 6.92 Å². The molecule has 1 heterocycles. The van der Waals surface area contributed by atoms with Crippen LogP contribution in [0.2, 0.25) is 0 Å². The highest BCUT2D eigenvalue weighted by Crippen LogP contribution is 2.16. The molecule has 3 atom stereocenters. The smallest absolute Gasteiger partial charge is 0.0665 e. The normalized spacial score (nSPS) is 37.5. The predicted molar refractivity (Wildman–Crippen MR) is 41.9 cm³/mol. The minimum atomic E-state index is -0.192. The molecule has 1 aliphatic rings. The quantitative estimate of drug-likeness (QED) is 0.568. The van der Waals surface area contributed by atoms with Crippen molar-refractivity contribution >= 4 is 0 Å². The van der Waals surface area contributed by atoms with E-state index in [1.54, 1.807) is 0 Å². The van der Waals surface area contributed by atoms with Crippen molar-refractivity contribution in [2.24, 2.45) is 5.92 Å². The van der Waals surface area contributed by atoms with Crippen molar-refractivity contribution in [3.8, 4) is 0 Å². The number of nitrogens with one attached hydrogen (secondary N) is 1. The van der Waals surface area contributed by atoms with Crippen molar-refractivity contribution in [1.82, 2.24) is 5.32 Å². The van der Waals surface area contributed by atoms with E-state index in [2.05, 4.69) is 12.2 Å². The summed E-state index contributed by atoms with van der Waals surface area (Å²) in [5.41, 5.74) is 0. The van der Waals surface area contributed by atoms with Crippen LogP contribution < -0.4 is 5.32 Å². The lowest BCUT2D eigenvalue weighted by Gasteiger charge is -2.29. The van der Waals surface area contributed by atoms with Gasteiger partial charge in [-0.3, -0.25) is 0 Å². The number of piperidine rings is 1. The summed E-state index contributed by atoms with van der Waals surface area (Å²) in [6, 6.07) is 0.337. The number of rotatable bonds is 1. The van der Waals surface area contributed by atoms with Gasteiger partial charge in [-0.05, 0) is 32.2 Å². The number of aliphatic hydroxyl groups is 1. The maximum atomic E-state index is 9.23. The monoisotopic (exact) mass is 143 g/mol. The second-order valence-electron chi connectivity index (χ2n) is 3.43. The van der Waals surface area contributed by atoms with Gasteiger partial charge < -0.3 is 10.4 Å². The zero-order chi connectivity index (χ0) is 7.56. The Hall–Kier alpha value is -0.0800. The van der Waals surface area contributed by atoms with E-state index in [-0.39, 0.29) is 6.10 Å². The molecule has 0 aliphatic carbocycles. The molecule has 0 spiro atoms. The lowest BCUT2D eigenvalue weighted by atomic mass is 9.92. The summed E-state index contributed by atoms with van der Waals surface area (Å²) in [5, 5.41) is 12.5. The standard InChI is InChI=1S/C8H17NO/c1-6-3-4-9-8(5-6)7(2)10/h6-10H,3-5H2,1-2H3/t6-,7-,8+/m1/s1. The minimum absolute atomic E-state index is 0.192. The summed E-state index contributed by atoms with van der Waals surface area (Å²) in [7, 11) is 0. The minimum Gasteiger partial charge on any atom is -0.392 e. The third-order valence-corrected chi connectivity index (χ3v) is 2.28. The van der Waals surface area contributed by atoms with Gasteiger partial charge >= 0.3 is 0 Å². The third kappa shape index (κ3) is 1.96. The molecular weight excluding hydrogens is 126 g/mol. The van der Waals surface area contributed by atoms with E-state index in [9.17, 15) is 5.11 Å². The van der Waals surface area contributed by atoms with Crippen LogP contribution in [0.4, 0.5) is 0 Å². The molecule has 0 aromatic carbocycles. The summed E-state index contributed by atoms with van der Waals surface area (Å²) >= 11 is 0. The van der Waals surface area contributed by atoms with Crippen molar-refractivity contribution in [2.45, 2.75) is 38.8 Å². The van der Waals surface area contributed by atoms with E-state index < -0.39 is 0 Å². The number of hydrogen-bond donors (Lipinski definition) is 2. The van der Waals surface area contributed by atoms with Gasteiger partial charge in [0.05, 0.1) is 6.10 Å². The molecule has 0 aromatic rings. The maximum Gasteiger partial charge on any atom is 0.0665 e. The summed E-state index contributed by atoms with van der Waals surface area (Å²) in [6.45, 7) is 5.17. The fourth-order valence-electron chi connectivity index (χ4n) is 1.52. The second kappa shape index (κ2) is 3.35. The van der Waals surface area contributed by atoms with Crippen molar-refractivity contribution in [3.63, 3.8) is 0 Å². The molecule has 1 saturated heterocycles. The van der Waals surface area contributed by atoms with Crippen LogP contribution in [0, 0.1) is 5.92 Å². The molecule has 2 nitrogen and oxygen atoms in total. The molecule has 0 radical (unpaired) electrons. The van der Waals surface area contributed by atoms with Gasteiger partial charge in [0.2, 0.25) is 0 Å². The Labute approximate surface area is 62.6 Å². The van der Waals surface area contributed by atoms with E-state index in [1.165, 1.54) is 6.42 Å². The molecule has 0 bridgehead atoms. The average Bonchev–Trinajstić information content (AvgIpc) is 1.88. The Balaban J connectivity index is 2.32. The van der Waals surface area contributed by atoms with E-state index in [0.29, 0.717) is 6.04 Å². The maximum absolute atomic E-state index is 9.23. The van der Waals surface area contributed by atoms with Gasteiger partial charge in [-0.15, -0.1) is 0 Å². The van der Waals surface area contributed by atoms with Crippen molar-refractivity contribution in [2.75, 3.05) is 6.54 Å². The molecule has 1 rings (SSSR count). The van der Waals surface area contributed by atoms with Crippen LogP contribution in [0.3, 0.4) is 0 Å². The van der Waals surface area contributed by atoms with E-state index in [4.69, 9.17) is 0 Å². The SMILES string of the molecule is C[C@@H]1CCN[C@H]([C@@H](C)O)C1. The lowest BCUT2D eigenvalue weighted by Crippen LogP contribution is -2.44. The molecule has 2 N–H and O–H groups in total. The zero-order valence-corrected chi connectivity index (χ0v) is 6.80. The zero-order valence-electron chi connectivity index (χ0n) is 6.80. The Morgan fingerprint density at radius 2 is 2.30 bits per heavy atom. The molecule has 0 amide bonds. The fraction of sp³-hybridized carbons (Fsp3) is 1.00. The first-order valence-corrected chi connectivity index (χ1v) is 4.11. The first kappa shape index (κ1) is 8.02. The predicted octanol–water partition coefficient (Wildman–Crippen LogP) is 0.755. The van der Waals surface area contributed by atoms with Crippen LogP contribution in [0.5, 0.6) is 0 Å². The molecule has 10 heavy (non-hydrogen) atoms. The first-order valence-electron chi connectivity index (χ1n) is 4.11. The average molecular weight is 143 g/mol. The van der Waals surface area contributed by atoms with Gasteiger partial charge in [0.15, 0.2) is 0 Å². The van der Waals surface area contributed by atoms with Gasteiger partial charge in [0, 0.05) is 6.04 Å². The molecular formula is C8H17NO. The van der Waals surface area contributed by atoms with Crippen LogP contribution in [0.15, 0.2) is 0 Å². The first-order chi connectivity index (χ1) is 4.70. The van der Waals surface area contributed by atoms with E-state index in [0.717, 1.165) is 18.9 Å². The summed E-state index contributed by atoms with van der Waals surface area (Å²) in [5.74, 6) is 0.779. The summed E-state index contributed by atoms with van der Waals surface area (Å²) in [6.07, 6.45) is 2.18. The third-order valence-electron chi connectivity index (χ3n) is 2.28. The van der Waals surface area contributed by atoms with Gasteiger partial charge in [0.25, 0.3) is 0 Å². The molecule has 0 saturated carbocycles. The Kier molecular flexibility index (Phi) is 2.69. The largest absolute Gasteiger partial charge is 0.392 e. The van der Waals surface area contributed by atoms with Crippen LogP contribution in [0.1, 0.15) is 26.7 Å².